The lowest BCUT2D eigenvalue weighted by atomic mass is 10.2. The van der Waals surface area contributed by atoms with E-state index in [0.717, 1.165) is 11.1 Å². The molecule has 0 radical (unpaired) electrons. The zero-order valence-corrected chi connectivity index (χ0v) is 9.30. The van der Waals surface area contributed by atoms with Crippen LogP contribution in [0.4, 0.5) is 0 Å². The maximum atomic E-state index is 12.0. The lowest BCUT2D eigenvalue weighted by Gasteiger charge is -2.20. The molecule has 1 aliphatic rings. The van der Waals surface area contributed by atoms with Gasteiger partial charge in [-0.05, 0) is 12.8 Å². The van der Waals surface area contributed by atoms with E-state index in [1.807, 2.05) is 4.98 Å². The number of aromatic nitrogens is 2. The second-order valence-electron chi connectivity index (χ2n) is 3.98. The van der Waals surface area contributed by atoms with Crippen LogP contribution >= 0.6 is 0 Å². The van der Waals surface area contributed by atoms with Crippen LogP contribution in [0, 0.1) is 0 Å². The van der Waals surface area contributed by atoms with Gasteiger partial charge in [0.05, 0.1) is 0 Å². The van der Waals surface area contributed by atoms with Crippen molar-refractivity contribution in [3.63, 3.8) is 0 Å². The number of carbonyl (C=O) groups excluding carboxylic acids is 1. The van der Waals surface area contributed by atoms with Crippen LogP contribution in [0.3, 0.4) is 0 Å². The number of rotatable bonds is 2. The van der Waals surface area contributed by atoms with Crippen LogP contribution in [0.15, 0.2) is 15.8 Å². The standard InChI is InChI=1S/C10H11N3O5/c14-7-5(4-11-10(18)12-7)8(15)13-3-1-2-6(13)9(16)17/h4,6H,1-3H2,(H,16,17)(H2,11,12,14,18). The Kier molecular flexibility index (Phi) is 3.00. The van der Waals surface area contributed by atoms with Crippen molar-refractivity contribution in [2.24, 2.45) is 0 Å². The fourth-order valence-corrected chi connectivity index (χ4v) is 1.99. The molecule has 1 aliphatic heterocycles. The number of amides is 1. The first kappa shape index (κ1) is 12.1. The van der Waals surface area contributed by atoms with E-state index < -0.39 is 29.2 Å². The number of nitrogens with one attached hydrogen (secondary N) is 2. The minimum Gasteiger partial charge on any atom is -0.480 e. The number of carboxylic acid groups (broad SMARTS) is 1. The summed E-state index contributed by atoms with van der Waals surface area (Å²) in [4.78, 5) is 50.5. The van der Waals surface area contributed by atoms with Gasteiger partial charge in [-0.15, -0.1) is 0 Å². The van der Waals surface area contributed by atoms with Gasteiger partial charge in [0, 0.05) is 12.7 Å². The summed E-state index contributed by atoms with van der Waals surface area (Å²) in [7, 11) is 0. The van der Waals surface area contributed by atoms with Gasteiger partial charge >= 0.3 is 11.7 Å². The van der Waals surface area contributed by atoms with Crippen LogP contribution in [-0.2, 0) is 4.79 Å². The highest BCUT2D eigenvalue weighted by atomic mass is 16.4. The lowest BCUT2D eigenvalue weighted by Crippen LogP contribution is -2.43. The molecule has 0 bridgehead atoms. The van der Waals surface area contributed by atoms with Crippen molar-refractivity contribution in [2.75, 3.05) is 6.54 Å². The van der Waals surface area contributed by atoms with Gasteiger partial charge in [0.2, 0.25) is 0 Å². The molecule has 1 unspecified atom stereocenters. The Morgan fingerprint density at radius 2 is 2.11 bits per heavy atom. The fraction of sp³-hybridized carbons (Fsp3) is 0.400. The normalized spacial score (nSPS) is 18.9. The summed E-state index contributed by atoms with van der Waals surface area (Å²) in [5, 5.41) is 8.96. The first-order valence-electron chi connectivity index (χ1n) is 5.36. The second-order valence-corrected chi connectivity index (χ2v) is 3.98. The summed E-state index contributed by atoms with van der Waals surface area (Å²) < 4.78 is 0. The van der Waals surface area contributed by atoms with E-state index >= 15 is 0 Å². The molecule has 0 aromatic carbocycles. The molecule has 1 saturated heterocycles. The van der Waals surface area contributed by atoms with E-state index in [1.165, 1.54) is 0 Å². The van der Waals surface area contributed by atoms with E-state index in [4.69, 9.17) is 5.11 Å². The van der Waals surface area contributed by atoms with E-state index in [2.05, 4.69) is 4.98 Å². The molecule has 0 spiro atoms. The molecule has 3 N–H and O–H groups in total. The highest BCUT2D eigenvalue weighted by molar-refractivity contribution is 5.96. The van der Waals surface area contributed by atoms with Crippen LogP contribution in [0.25, 0.3) is 0 Å². The Hall–Kier alpha value is -2.38. The third-order valence-electron chi connectivity index (χ3n) is 2.85. The number of aliphatic carboxylic acids is 1. The molecule has 18 heavy (non-hydrogen) atoms. The number of nitrogens with zero attached hydrogens (tertiary/aromatic N) is 1. The molecular weight excluding hydrogens is 242 g/mol. The first-order valence-corrected chi connectivity index (χ1v) is 5.36. The summed E-state index contributed by atoms with van der Waals surface area (Å²) >= 11 is 0. The summed E-state index contributed by atoms with van der Waals surface area (Å²) in [6, 6.07) is -0.913. The van der Waals surface area contributed by atoms with E-state index in [0.29, 0.717) is 12.8 Å². The van der Waals surface area contributed by atoms with Crippen molar-refractivity contribution in [1.29, 1.82) is 0 Å². The van der Waals surface area contributed by atoms with Crippen molar-refractivity contribution < 1.29 is 14.7 Å². The molecule has 2 rings (SSSR count). The minimum atomic E-state index is -1.10. The number of likely N-dealkylation sites (tertiary alicyclic amines) is 1. The molecular formula is C10H11N3O5. The monoisotopic (exact) mass is 253 g/mol. The third-order valence-corrected chi connectivity index (χ3v) is 2.85. The largest absolute Gasteiger partial charge is 0.480 e. The average Bonchev–Trinajstić information content (AvgIpc) is 2.77. The molecule has 0 saturated carbocycles. The molecule has 1 atom stereocenters. The quantitative estimate of drug-likeness (QED) is 0.607. The Balaban J connectivity index is 2.34. The SMILES string of the molecule is O=C(O)C1CCCN1C(=O)c1c[nH]c(=O)[nH]c1=O. The summed E-state index contributed by atoms with van der Waals surface area (Å²) in [6.07, 6.45) is 1.94. The van der Waals surface area contributed by atoms with Crippen molar-refractivity contribution in [3.05, 3.63) is 32.6 Å². The van der Waals surface area contributed by atoms with Crippen molar-refractivity contribution in [3.8, 4) is 0 Å². The van der Waals surface area contributed by atoms with Crippen LogP contribution in [0.2, 0.25) is 0 Å². The molecule has 1 aromatic heterocycles. The van der Waals surface area contributed by atoms with Gasteiger partial charge in [-0.2, -0.15) is 0 Å². The number of aromatic amines is 2. The smallest absolute Gasteiger partial charge is 0.326 e. The number of H-pyrrole nitrogens is 2. The molecule has 96 valence electrons. The van der Waals surface area contributed by atoms with Gasteiger partial charge in [-0.3, -0.25) is 14.6 Å². The second kappa shape index (κ2) is 4.47. The van der Waals surface area contributed by atoms with Crippen molar-refractivity contribution >= 4 is 11.9 Å². The van der Waals surface area contributed by atoms with Gasteiger partial charge in [-0.1, -0.05) is 0 Å². The fourth-order valence-electron chi connectivity index (χ4n) is 1.99. The molecule has 8 heteroatoms. The molecule has 2 heterocycles. The van der Waals surface area contributed by atoms with E-state index in [1.54, 1.807) is 0 Å². The maximum Gasteiger partial charge on any atom is 0.326 e. The van der Waals surface area contributed by atoms with Crippen LogP contribution in [0.1, 0.15) is 23.2 Å². The first-order chi connectivity index (χ1) is 8.50. The Morgan fingerprint density at radius 3 is 2.72 bits per heavy atom. The number of hydrogen-bond acceptors (Lipinski definition) is 4. The molecule has 1 amide bonds. The zero-order chi connectivity index (χ0) is 13.3. The minimum absolute atomic E-state index is 0.261. The Bertz CT molecular complexity index is 602. The third kappa shape index (κ3) is 2.04. The van der Waals surface area contributed by atoms with Crippen LogP contribution in [-0.4, -0.2) is 44.4 Å². The van der Waals surface area contributed by atoms with Crippen molar-refractivity contribution in [1.82, 2.24) is 14.9 Å². The van der Waals surface area contributed by atoms with Gasteiger partial charge < -0.3 is 15.0 Å². The number of carbonyl (C=O) groups is 2. The predicted molar refractivity (Wildman–Crippen MR) is 59.4 cm³/mol. The zero-order valence-electron chi connectivity index (χ0n) is 9.30. The summed E-state index contributed by atoms with van der Waals surface area (Å²) in [5.41, 5.74) is -1.80. The molecule has 1 aromatic rings. The summed E-state index contributed by atoms with van der Waals surface area (Å²) in [6.45, 7) is 0.286. The van der Waals surface area contributed by atoms with Gasteiger partial charge in [0.15, 0.2) is 0 Å². The van der Waals surface area contributed by atoms with E-state index in [-0.39, 0.29) is 12.1 Å². The van der Waals surface area contributed by atoms with E-state index in [9.17, 15) is 19.2 Å². The predicted octanol–water partition coefficient (Wildman–Crippen LogP) is -1.25. The van der Waals surface area contributed by atoms with Crippen molar-refractivity contribution in [2.45, 2.75) is 18.9 Å². The highest BCUT2D eigenvalue weighted by Crippen LogP contribution is 2.18. The van der Waals surface area contributed by atoms with Gasteiger partial charge in [0.1, 0.15) is 11.6 Å². The topological polar surface area (TPSA) is 123 Å². The summed E-state index contributed by atoms with van der Waals surface area (Å²) in [5.74, 6) is -1.78. The Labute approximate surface area is 100 Å². The average molecular weight is 253 g/mol. The van der Waals surface area contributed by atoms with Crippen LogP contribution in [0.5, 0.6) is 0 Å². The highest BCUT2D eigenvalue weighted by Gasteiger charge is 2.35. The molecule has 0 aliphatic carbocycles. The van der Waals surface area contributed by atoms with Crippen LogP contribution < -0.4 is 11.2 Å². The lowest BCUT2D eigenvalue weighted by molar-refractivity contribution is -0.141. The van der Waals surface area contributed by atoms with Gasteiger partial charge in [-0.25, -0.2) is 9.59 Å². The molecule has 8 nitrogen and oxygen atoms in total. The Morgan fingerprint density at radius 1 is 1.39 bits per heavy atom. The van der Waals surface area contributed by atoms with Gasteiger partial charge in [0.25, 0.3) is 11.5 Å². The number of carboxylic acids is 1. The number of hydrogen-bond donors (Lipinski definition) is 3. The molecule has 1 fully saturated rings. The maximum absolute atomic E-state index is 12.0.